The van der Waals surface area contributed by atoms with Crippen molar-refractivity contribution in [2.45, 2.75) is 0 Å². The van der Waals surface area contributed by atoms with Crippen molar-refractivity contribution >= 4 is 17.7 Å². The summed E-state index contributed by atoms with van der Waals surface area (Å²) in [6.45, 7) is 0.752. The molecule has 0 spiro atoms. The minimum Gasteiger partial charge on any atom is -0.465 e. The molecular formula is C12H16N2O2. The molecule has 0 aromatic heterocycles. The maximum absolute atomic E-state index is 11.4. The SMILES string of the molecule is CNCC=Cc1cccc(C(=O)OC)c1N. The van der Waals surface area contributed by atoms with Crippen molar-refractivity contribution in [3.63, 3.8) is 0 Å². The highest BCUT2D eigenvalue weighted by Crippen LogP contribution is 2.19. The van der Waals surface area contributed by atoms with E-state index >= 15 is 0 Å². The monoisotopic (exact) mass is 220 g/mol. The van der Waals surface area contributed by atoms with Crippen LogP contribution in [-0.2, 0) is 4.74 Å². The van der Waals surface area contributed by atoms with Crippen molar-refractivity contribution in [3.8, 4) is 0 Å². The molecule has 16 heavy (non-hydrogen) atoms. The lowest BCUT2D eigenvalue weighted by molar-refractivity contribution is 0.0602. The highest BCUT2D eigenvalue weighted by Gasteiger charge is 2.10. The van der Waals surface area contributed by atoms with Gasteiger partial charge in [-0.2, -0.15) is 0 Å². The van der Waals surface area contributed by atoms with Crippen LogP contribution in [0.5, 0.6) is 0 Å². The first-order chi connectivity index (χ1) is 7.70. The molecule has 0 saturated heterocycles. The molecule has 3 N–H and O–H groups in total. The first-order valence-corrected chi connectivity index (χ1v) is 4.98. The Bertz CT molecular complexity index is 400. The largest absolute Gasteiger partial charge is 0.465 e. The molecule has 0 bridgehead atoms. The van der Waals surface area contributed by atoms with E-state index in [1.807, 2.05) is 25.3 Å². The van der Waals surface area contributed by atoms with Gasteiger partial charge >= 0.3 is 5.97 Å². The van der Waals surface area contributed by atoms with Crippen LogP contribution in [0.3, 0.4) is 0 Å². The molecule has 0 aliphatic rings. The van der Waals surface area contributed by atoms with Crippen LogP contribution in [0.4, 0.5) is 5.69 Å². The number of methoxy groups -OCH3 is 1. The Morgan fingerprint density at radius 3 is 2.94 bits per heavy atom. The second-order valence-electron chi connectivity index (χ2n) is 3.26. The van der Waals surface area contributed by atoms with Crippen LogP contribution in [-0.4, -0.2) is 26.7 Å². The molecule has 0 aliphatic heterocycles. The smallest absolute Gasteiger partial charge is 0.339 e. The molecule has 0 fully saturated rings. The number of nitrogens with two attached hydrogens (primary N) is 1. The first kappa shape index (κ1) is 12.3. The van der Waals surface area contributed by atoms with Gasteiger partial charge in [0.15, 0.2) is 0 Å². The lowest BCUT2D eigenvalue weighted by atomic mass is 10.1. The summed E-state index contributed by atoms with van der Waals surface area (Å²) in [5.41, 5.74) is 7.53. The van der Waals surface area contributed by atoms with E-state index in [-0.39, 0.29) is 0 Å². The van der Waals surface area contributed by atoms with Gasteiger partial charge in [0.1, 0.15) is 0 Å². The molecule has 1 rings (SSSR count). The number of hydrogen-bond donors (Lipinski definition) is 2. The number of likely N-dealkylation sites (N-methyl/N-ethyl adjacent to an activating group) is 1. The van der Waals surface area contributed by atoms with Gasteiger partial charge in [0.25, 0.3) is 0 Å². The van der Waals surface area contributed by atoms with Gasteiger partial charge in [-0.1, -0.05) is 24.3 Å². The standard InChI is InChI=1S/C12H16N2O2/c1-14-8-4-6-9-5-3-7-10(11(9)13)12(15)16-2/h3-7,14H,8,13H2,1-2H3. The summed E-state index contributed by atoms with van der Waals surface area (Å²) in [4.78, 5) is 11.4. The van der Waals surface area contributed by atoms with Gasteiger partial charge in [0.2, 0.25) is 0 Å². The third-order valence-electron chi connectivity index (χ3n) is 2.16. The Labute approximate surface area is 95.1 Å². The van der Waals surface area contributed by atoms with Crippen LogP contribution in [0, 0.1) is 0 Å². The second kappa shape index (κ2) is 5.92. The first-order valence-electron chi connectivity index (χ1n) is 4.98. The normalized spacial score (nSPS) is 10.6. The Balaban J connectivity index is 2.99. The Morgan fingerprint density at radius 1 is 1.56 bits per heavy atom. The zero-order valence-corrected chi connectivity index (χ0v) is 9.49. The van der Waals surface area contributed by atoms with Crippen molar-refractivity contribution in [1.29, 1.82) is 0 Å². The predicted octanol–water partition coefficient (Wildman–Crippen LogP) is 1.29. The topological polar surface area (TPSA) is 64.3 Å². The van der Waals surface area contributed by atoms with Gasteiger partial charge in [0, 0.05) is 6.54 Å². The van der Waals surface area contributed by atoms with Gasteiger partial charge in [-0.3, -0.25) is 0 Å². The number of esters is 1. The van der Waals surface area contributed by atoms with Crippen LogP contribution in [0.25, 0.3) is 6.08 Å². The van der Waals surface area contributed by atoms with Crippen molar-refractivity contribution in [2.75, 3.05) is 26.4 Å². The van der Waals surface area contributed by atoms with E-state index in [0.717, 1.165) is 12.1 Å². The summed E-state index contributed by atoms with van der Waals surface area (Å²) in [5.74, 6) is -0.415. The molecular weight excluding hydrogens is 204 g/mol. The summed E-state index contributed by atoms with van der Waals surface area (Å²) in [5, 5.41) is 2.99. The summed E-state index contributed by atoms with van der Waals surface area (Å²) in [7, 11) is 3.20. The summed E-state index contributed by atoms with van der Waals surface area (Å²) < 4.78 is 4.64. The fourth-order valence-corrected chi connectivity index (χ4v) is 1.32. The minimum absolute atomic E-state index is 0.397. The van der Waals surface area contributed by atoms with Gasteiger partial charge in [-0.05, 0) is 18.7 Å². The van der Waals surface area contributed by atoms with Crippen LogP contribution < -0.4 is 11.1 Å². The molecule has 0 heterocycles. The molecule has 0 radical (unpaired) electrons. The van der Waals surface area contributed by atoms with Crippen molar-refractivity contribution in [3.05, 3.63) is 35.4 Å². The summed E-state index contributed by atoms with van der Waals surface area (Å²) >= 11 is 0. The number of benzene rings is 1. The average Bonchev–Trinajstić information content (AvgIpc) is 2.30. The number of para-hydroxylation sites is 1. The zero-order valence-electron chi connectivity index (χ0n) is 9.49. The van der Waals surface area contributed by atoms with Crippen molar-refractivity contribution < 1.29 is 9.53 Å². The van der Waals surface area contributed by atoms with Gasteiger partial charge in [-0.15, -0.1) is 0 Å². The number of nitrogen functional groups attached to an aromatic ring is 1. The maximum Gasteiger partial charge on any atom is 0.339 e. The number of ether oxygens (including phenoxy) is 1. The number of anilines is 1. The molecule has 4 nitrogen and oxygen atoms in total. The molecule has 86 valence electrons. The van der Waals surface area contributed by atoms with E-state index in [0.29, 0.717) is 11.3 Å². The number of hydrogen-bond acceptors (Lipinski definition) is 4. The third-order valence-corrected chi connectivity index (χ3v) is 2.16. The van der Waals surface area contributed by atoms with Gasteiger partial charge < -0.3 is 15.8 Å². The summed E-state index contributed by atoms with van der Waals surface area (Å²) in [6, 6.07) is 5.28. The predicted molar refractivity (Wildman–Crippen MR) is 65.2 cm³/mol. The number of carbonyl (C=O) groups is 1. The highest BCUT2D eigenvalue weighted by molar-refractivity contribution is 5.97. The van der Waals surface area contributed by atoms with E-state index < -0.39 is 5.97 Å². The number of carbonyl (C=O) groups excluding carboxylic acids is 1. The van der Waals surface area contributed by atoms with E-state index in [1.165, 1.54) is 7.11 Å². The molecule has 0 saturated carbocycles. The zero-order chi connectivity index (χ0) is 12.0. The summed E-state index contributed by atoms with van der Waals surface area (Å²) in [6.07, 6.45) is 3.81. The van der Waals surface area contributed by atoms with Gasteiger partial charge in [-0.25, -0.2) is 4.79 Å². The third kappa shape index (κ3) is 2.84. The van der Waals surface area contributed by atoms with Crippen LogP contribution in [0.15, 0.2) is 24.3 Å². The molecule has 0 atom stereocenters. The molecule has 1 aromatic rings. The Kier molecular flexibility index (Phi) is 4.54. The van der Waals surface area contributed by atoms with E-state index in [4.69, 9.17) is 5.73 Å². The fraction of sp³-hybridized carbons (Fsp3) is 0.250. The van der Waals surface area contributed by atoms with Crippen LogP contribution in [0.2, 0.25) is 0 Å². The fourth-order valence-electron chi connectivity index (χ4n) is 1.32. The van der Waals surface area contributed by atoms with Crippen molar-refractivity contribution in [2.24, 2.45) is 0 Å². The minimum atomic E-state index is -0.415. The number of nitrogens with one attached hydrogen (secondary N) is 1. The van der Waals surface area contributed by atoms with Crippen LogP contribution in [0.1, 0.15) is 15.9 Å². The van der Waals surface area contributed by atoms with Crippen LogP contribution >= 0.6 is 0 Å². The maximum atomic E-state index is 11.4. The lowest BCUT2D eigenvalue weighted by Gasteiger charge is -2.06. The second-order valence-corrected chi connectivity index (χ2v) is 3.26. The van der Waals surface area contributed by atoms with Gasteiger partial charge in [0.05, 0.1) is 18.4 Å². The quantitative estimate of drug-likeness (QED) is 0.592. The Hall–Kier alpha value is -1.81. The van der Waals surface area contributed by atoms with Crippen molar-refractivity contribution in [1.82, 2.24) is 5.32 Å². The molecule has 0 amide bonds. The molecule has 4 heteroatoms. The molecule has 0 unspecified atom stereocenters. The molecule has 1 aromatic carbocycles. The lowest BCUT2D eigenvalue weighted by Crippen LogP contribution is -2.07. The Morgan fingerprint density at radius 2 is 2.31 bits per heavy atom. The highest BCUT2D eigenvalue weighted by atomic mass is 16.5. The van der Waals surface area contributed by atoms with E-state index in [9.17, 15) is 4.79 Å². The molecule has 0 aliphatic carbocycles. The number of rotatable bonds is 4. The van der Waals surface area contributed by atoms with E-state index in [2.05, 4.69) is 10.1 Å². The van der Waals surface area contributed by atoms with E-state index in [1.54, 1.807) is 12.1 Å². The average molecular weight is 220 g/mol.